The van der Waals surface area contributed by atoms with Crippen molar-refractivity contribution in [3.8, 4) is 0 Å². The molecule has 6 nitrogen and oxygen atoms in total. The summed E-state index contributed by atoms with van der Waals surface area (Å²) in [6, 6.07) is -0.387. The van der Waals surface area contributed by atoms with E-state index >= 15 is 0 Å². The van der Waals surface area contributed by atoms with E-state index in [-0.39, 0.29) is 11.9 Å². The van der Waals surface area contributed by atoms with Crippen LogP contribution in [-0.2, 0) is 11.3 Å². The van der Waals surface area contributed by atoms with Gasteiger partial charge in [-0.25, -0.2) is 4.98 Å². The number of hydrogen-bond acceptors (Lipinski definition) is 5. The number of nitrogens with one attached hydrogen (secondary N) is 1. The predicted octanol–water partition coefficient (Wildman–Crippen LogP) is 1.99. The van der Waals surface area contributed by atoms with Gasteiger partial charge in [-0.3, -0.25) is 9.69 Å². The number of nitrogens with two attached hydrogens (primary N) is 1. The number of oxazole rings is 1. The molecule has 1 fully saturated rings. The van der Waals surface area contributed by atoms with Crippen molar-refractivity contribution >= 4 is 5.91 Å². The van der Waals surface area contributed by atoms with Gasteiger partial charge in [-0.15, -0.1) is 0 Å². The first-order chi connectivity index (χ1) is 11.3. The minimum Gasteiger partial charge on any atom is -0.444 e. The first-order valence-electron chi connectivity index (χ1n) is 9.03. The van der Waals surface area contributed by atoms with Crippen LogP contribution in [0.15, 0.2) is 4.42 Å². The van der Waals surface area contributed by atoms with Gasteiger partial charge in [0.2, 0.25) is 11.8 Å². The van der Waals surface area contributed by atoms with Gasteiger partial charge in [-0.1, -0.05) is 13.8 Å². The van der Waals surface area contributed by atoms with Crippen molar-refractivity contribution in [2.75, 3.05) is 19.6 Å². The highest BCUT2D eigenvalue weighted by atomic mass is 16.4. The van der Waals surface area contributed by atoms with E-state index in [1.165, 1.54) is 0 Å². The molecule has 24 heavy (non-hydrogen) atoms. The first-order valence-corrected chi connectivity index (χ1v) is 9.03. The average Bonchev–Trinajstić information content (AvgIpc) is 2.83. The van der Waals surface area contributed by atoms with Gasteiger partial charge >= 0.3 is 0 Å². The zero-order chi connectivity index (χ0) is 17.7. The summed E-state index contributed by atoms with van der Waals surface area (Å²) in [7, 11) is 0. The number of piperidine rings is 1. The zero-order valence-corrected chi connectivity index (χ0v) is 15.5. The number of hydrogen-bond donors (Lipinski definition) is 2. The molecule has 0 saturated carbocycles. The van der Waals surface area contributed by atoms with Crippen molar-refractivity contribution in [1.29, 1.82) is 0 Å². The molecule has 1 aromatic rings. The number of nitrogens with zero attached hydrogens (tertiary/aromatic N) is 2. The fourth-order valence-corrected chi connectivity index (χ4v) is 3.14. The Morgan fingerprint density at radius 2 is 2.04 bits per heavy atom. The summed E-state index contributed by atoms with van der Waals surface area (Å²) >= 11 is 0. The second-order valence-electron chi connectivity index (χ2n) is 7.45. The van der Waals surface area contributed by atoms with Crippen LogP contribution in [0.5, 0.6) is 0 Å². The summed E-state index contributed by atoms with van der Waals surface area (Å²) in [5.74, 6) is 2.66. The van der Waals surface area contributed by atoms with Crippen molar-refractivity contribution in [2.45, 2.75) is 59.5 Å². The molecule has 1 amide bonds. The van der Waals surface area contributed by atoms with Crippen LogP contribution in [0.1, 0.15) is 50.5 Å². The van der Waals surface area contributed by atoms with Crippen LogP contribution < -0.4 is 11.1 Å². The molecule has 0 aromatic carbocycles. The van der Waals surface area contributed by atoms with Crippen molar-refractivity contribution < 1.29 is 9.21 Å². The molecule has 2 rings (SSSR count). The van der Waals surface area contributed by atoms with E-state index in [2.05, 4.69) is 29.0 Å². The van der Waals surface area contributed by atoms with Crippen LogP contribution in [0, 0.1) is 25.7 Å². The fourth-order valence-electron chi connectivity index (χ4n) is 3.14. The van der Waals surface area contributed by atoms with E-state index in [0.29, 0.717) is 11.8 Å². The summed E-state index contributed by atoms with van der Waals surface area (Å²) in [6.45, 7) is 11.6. The molecule has 1 aromatic heterocycles. The van der Waals surface area contributed by atoms with Crippen LogP contribution >= 0.6 is 0 Å². The third kappa shape index (κ3) is 5.60. The van der Waals surface area contributed by atoms with Crippen molar-refractivity contribution in [3.05, 3.63) is 17.3 Å². The predicted molar refractivity (Wildman–Crippen MR) is 94.4 cm³/mol. The SMILES string of the molecule is Cc1nc(CN2CCC(CNC(=O)[C@@H](N)CC(C)C)CC2)oc1C. The number of amides is 1. The van der Waals surface area contributed by atoms with Crippen LogP contribution in [0.3, 0.4) is 0 Å². The summed E-state index contributed by atoms with van der Waals surface area (Å²) in [4.78, 5) is 18.8. The van der Waals surface area contributed by atoms with E-state index in [1.807, 2.05) is 13.8 Å². The van der Waals surface area contributed by atoms with Crippen LogP contribution in [0.4, 0.5) is 0 Å². The number of likely N-dealkylation sites (tertiary alicyclic amines) is 1. The Labute approximate surface area is 145 Å². The Kier molecular flexibility index (Phi) is 6.80. The third-order valence-electron chi connectivity index (χ3n) is 4.77. The number of rotatable bonds is 7. The topological polar surface area (TPSA) is 84.4 Å². The number of carbonyl (C=O) groups excluding carboxylic acids is 1. The second kappa shape index (κ2) is 8.62. The molecular formula is C18H32N4O2. The standard InChI is InChI=1S/C18H32N4O2/c1-12(2)9-16(19)18(23)20-10-15-5-7-22(8-6-15)11-17-21-13(3)14(4)24-17/h12,15-16H,5-11,19H2,1-4H3,(H,20,23)/t16-/m0/s1. The van der Waals surface area contributed by atoms with Gasteiger partial charge in [0.15, 0.2) is 0 Å². The molecule has 1 saturated heterocycles. The lowest BCUT2D eigenvalue weighted by molar-refractivity contribution is -0.122. The van der Waals surface area contributed by atoms with E-state index in [4.69, 9.17) is 10.2 Å². The molecule has 0 spiro atoms. The van der Waals surface area contributed by atoms with E-state index in [0.717, 1.165) is 62.8 Å². The Bertz CT molecular complexity index is 514. The molecule has 0 unspecified atom stereocenters. The zero-order valence-electron chi connectivity index (χ0n) is 15.5. The normalized spacial score (nSPS) is 18.1. The number of aryl methyl sites for hydroxylation is 2. The van der Waals surface area contributed by atoms with Gasteiger partial charge in [0, 0.05) is 6.54 Å². The molecule has 6 heteroatoms. The average molecular weight is 336 g/mol. The van der Waals surface area contributed by atoms with Crippen molar-refractivity contribution in [3.63, 3.8) is 0 Å². The van der Waals surface area contributed by atoms with Gasteiger partial charge in [-0.05, 0) is 58.0 Å². The quantitative estimate of drug-likeness (QED) is 0.795. The highest BCUT2D eigenvalue weighted by molar-refractivity contribution is 5.81. The van der Waals surface area contributed by atoms with E-state index in [9.17, 15) is 4.79 Å². The van der Waals surface area contributed by atoms with Gasteiger partial charge in [0.1, 0.15) is 5.76 Å². The Morgan fingerprint density at radius 3 is 2.58 bits per heavy atom. The minimum absolute atomic E-state index is 0.0168. The highest BCUT2D eigenvalue weighted by Crippen LogP contribution is 2.19. The lowest BCUT2D eigenvalue weighted by Gasteiger charge is -2.31. The molecule has 0 radical (unpaired) electrons. The van der Waals surface area contributed by atoms with Gasteiger partial charge in [0.25, 0.3) is 0 Å². The van der Waals surface area contributed by atoms with Crippen LogP contribution in [0.2, 0.25) is 0 Å². The summed E-state index contributed by atoms with van der Waals surface area (Å²) in [5, 5.41) is 3.02. The molecule has 1 aliphatic heterocycles. The summed E-state index contributed by atoms with van der Waals surface area (Å²) in [5.41, 5.74) is 6.89. The maximum Gasteiger partial charge on any atom is 0.236 e. The number of carbonyl (C=O) groups is 1. The molecule has 1 aliphatic rings. The van der Waals surface area contributed by atoms with Crippen LogP contribution in [0.25, 0.3) is 0 Å². The number of aromatic nitrogens is 1. The van der Waals surface area contributed by atoms with Gasteiger partial charge < -0.3 is 15.5 Å². The molecule has 3 N–H and O–H groups in total. The maximum atomic E-state index is 12.0. The third-order valence-corrected chi connectivity index (χ3v) is 4.77. The van der Waals surface area contributed by atoms with Crippen molar-refractivity contribution in [1.82, 2.24) is 15.2 Å². The summed E-state index contributed by atoms with van der Waals surface area (Å²) < 4.78 is 5.66. The second-order valence-corrected chi connectivity index (χ2v) is 7.45. The Morgan fingerprint density at radius 1 is 1.38 bits per heavy atom. The van der Waals surface area contributed by atoms with E-state index in [1.54, 1.807) is 0 Å². The van der Waals surface area contributed by atoms with Gasteiger partial charge in [-0.2, -0.15) is 0 Å². The van der Waals surface area contributed by atoms with Crippen LogP contribution in [-0.4, -0.2) is 41.5 Å². The Balaban J connectivity index is 1.68. The maximum absolute atomic E-state index is 12.0. The smallest absolute Gasteiger partial charge is 0.236 e. The highest BCUT2D eigenvalue weighted by Gasteiger charge is 2.22. The lowest BCUT2D eigenvalue weighted by Crippen LogP contribution is -2.44. The molecule has 1 atom stereocenters. The lowest BCUT2D eigenvalue weighted by atomic mass is 9.96. The molecule has 0 bridgehead atoms. The largest absolute Gasteiger partial charge is 0.444 e. The first kappa shape index (κ1) is 18.9. The fraction of sp³-hybridized carbons (Fsp3) is 0.778. The molecular weight excluding hydrogens is 304 g/mol. The molecule has 136 valence electrons. The minimum atomic E-state index is -0.387. The van der Waals surface area contributed by atoms with E-state index < -0.39 is 0 Å². The molecule has 0 aliphatic carbocycles. The Hall–Kier alpha value is -1.40. The van der Waals surface area contributed by atoms with Crippen molar-refractivity contribution in [2.24, 2.45) is 17.6 Å². The monoisotopic (exact) mass is 336 g/mol. The van der Waals surface area contributed by atoms with Gasteiger partial charge in [0.05, 0.1) is 18.3 Å². The molecule has 2 heterocycles. The summed E-state index contributed by atoms with van der Waals surface area (Å²) in [6.07, 6.45) is 2.90.